The molecule has 3 aliphatic heterocycles. The average Bonchev–Trinajstić information content (AvgIpc) is 3.39. The molecule has 0 radical (unpaired) electrons. The minimum absolute atomic E-state index is 0.0121. The number of halogens is 2. The maximum absolute atomic E-state index is 14.5. The Morgan fingerprint density at radius 2 is 1.83 bits per heavy atom. The largest absolute Gasteiger partial charge is 0.381 e. The van der Waals surface area contributed by atoms with Gasteiger partial charge in [-0.15, -0.1) is 0 Å². The van der Waals surface area contributed by atoms with E-state index in [4.69, 9.17) is 4.74 Å². The van der Waals surface area contributed by atoms with E-state index in [9.17, 15) is 13.6 Å². The number of ether oxygens (including phenoxy) is 1. The number of hydrogen-bond donors (Lipinski definition) is 3. The zero-order valence-corrected chi connectivity index (χ0v) is 20.4. The highest BCUT2D eigenvalue weighted by molar-refractivity contribution is 5.94. The number of carbonyl (C=O) groups excluding carboxylic acids is 1. The second kappa shape index (κ2) is 10.1. The molecule has 0 bridgehead atoms. The SMILES string of the molecule is CN(C)C(=O)c1cc(F)c(F)c(C2=CC=C(NC3CC4CN(CC5CCOCC5)C[C@H]4C3)NN2)c1. The number of rotatable bonds is 6. The molecule has 4 aliphatic rings. The topological polar surface area (TPSA) is 68.9 Å². The Kier molecular flexibility index (Phi) is 6.98. The van der Waals surface area contributed by atoms with E-state index < -0.39 is 11.6 Å². The summed E-state index contributed by atoms with van der Waals surface area (Å²) in [5.41, 5.74) is 6.50. The molecule has 0 spiro atoms. The molecular weight excluding hydrogens is 452 g/mol. The van der Waals surface area contributed by atoms with E-state index in [0.29, 0.717) is 11.7 Å². The van der Waals surface area contributed by atoms with Gasteiger partial charge < -0.3 is 19.9 Å². The number of benzene rings is 1. The van der Waals surface area contributed by atoms with Crippen LogP contribution in [0.25, 0.3) is 5.70 Å². The molecule has 1 aromatic rings. The van der Waals surface area contributed by atoms with Gasteiger partial charge in [0.1, 0.15) is 5.82 Å². The summed E-state index contributed by atoms with van der Waals surface area (Å²) in [5, 5.41) is 3.56. The summed E-state index contributed by atoms with van der Waals surface area (Å²) in [6.45, 7) is 5.39. The van der Waals surface area contributed by atoms with Crippen LogP contribution in [0.3, 0.4) is 0 Å². The van der Waals surface area contributed by atoms with Crippen LogP contribution < -0.4 is 16.2 Å². The van der Waals surface area contributed by atoms with Crippen molar-refractivity contribution in [2.24, 2.45) is 17.8 Å². The van der Waals surface area contributed by atoms with Gasteiger partial charge in [0.2, 0.25) is 0 Å². The van der Waals surface area contributed by atoms with Gasteiger partial charge in [0.15, 0.2) is 11.6 Å². The second-order valence-corrected chi connectivity index (χ2v) is 10.5. The summed E-state index contributed by atoms with van der Waals surface area (Å²) in [4.78, 5) is 16.2. The first-order valence-corrected chi connectivity index (χ1v) is 12.6. The van der Waals surface area contributed by atoms with Gasteiger partial charge in [0, 0.05) is 64.1 Å². The Bertz CT molecular complexity index is 1010. The van der Waals surface area contributed by atoms with Crippen LogP contribution in [-0.4, -0.2) is 68.7 Å². The van der Waals surface area contributed by atoms with Crippen LogP contribution in [0.1, 0.15) is 41.6 Å². The van der Waals surface area contributed by atoms with Crippen molar-refractivity contribution in [3.05, 3.63) is 52.9 Å². The van der Waals surface area contributed by atoms with Crippen LogP contribution >= 0.6 is 0 Å². The minimum atomic E-state index is -1.05. The minimum Gasteiger partial charge on any atom is -0.381 e. The van der Waals surface area contributed by atoms with Gasteiger partial charge >= 0.3 is 0 Å². The van der Waals surface area contributed by atoms with Crippen molar-refractivity contribution in [2.75, 3.05) is 46.9 Å². The Morgan fingerprint density at radius 3 is 2.46 bits per heavy atom. The monoisotopic (exact) mass is 487 g/mol. The Balaban J connectivity index is 1.17. The molecule has 1 aromatic carbocycles. The normalized spacial score (nSPS) is 26.9. The molecule has 1 amide bonds. The first-order chi connectivity index (χ1) is 16.9. The van der Waals surface area contributed by atoms with E-state index in [-0.39, 0.29) is 17.0 Å². The van der Waals surface area contributed by atoms with Crippen LogP contribution in [0, 0.1) is 29.4 Å². The maximum atomic E-state index is 14.5. The Labute approximate surface area is 205 Å². The maximum Gasteiger partial charge on any atom is 0.253 e. The highest BCUT2D eigenvalue weighted by Crippen LogP contribution is 2.39. The number of nitrogens with zero attached hydrogens (tertiary/aromatic N) is 2. The Morgan fingerprint density at radius 1 is 1.11 bits per heavy atom. The number of amides is 1. The summed E-state index contributed by atoms with van der Waals surface area (Å²) in [6.07, 6.45) is 8.18. The molecule has 5 rings (SSSR count). The average molecular weight is 488 g/mol. The number of nitrogens with one attached hydrogen (secondary N) is 3. The molecule has 7 nitrogen and oxygen atoms in total. The molecule has 190 valence electrons. The molecule has 3 N–H and O–H groups in total. The van der Waals surface area contributed by atoms with Crippen LogP contribution in [0.2, 0.25) is 0 Å². The molecule has 1 saturated carbocycles. The fourth-order valence-corrected chi connectivity index (χ4v) is 5.97. The highest BCUT2D eigenvalue weighted by atomic mass is 19.2. The van der Waals surface area contributed by atoms with Crippen molar-refractivity contribution in [3.63, 3.8) is 0 Å². The van der Waals surface area contributed by atoms with E-state index in [2.05, 4.69) is 21.1 Å². The predicted octanol–water partition coefficient (Wildman–Crippen LogP) is 2.68. The van der Waals surface area contributed by atoms with E-state index in [1.807, 2.05) is 6.08 Å². The number of likely N-dealkylation sites (tertiary alicyclic amines) is 1. The highest BCUT2D eigenvalue weighted by Gasteiger charge is 2.41. The summed E-state index contributed by atoms with van der Waals surface area (Å²) >= 11 is 0. The fraction of sp³-hybridized carbons (Fsp3) is 0.577. The first kappa shape index (κ1) is 24.1. The lowest BCUT2D eigenvalue weighted by Crippen LogP contribution is -2.42. The van der Waals surface area contributed by atoms with Gasteiger partial charge in [-0.3, -0.25) is 15.6 Å². The van der Waals surface area contributed by atoms with Crippen molar-refractivity contribution < 1.29 is 18.3 Å². The lowest BCUT2D eigenvalue weighted by molar-refractivity contribution is 0.0545. The molecule has 0 aromatic heterocycles. The van der Waals surface area contributed by atoms with Gasteiger partial charge in [-0.25, -0.2) is 8.78 Å². The third-order valence-electron chi connectivity index (χ3n) is 7.76. The van der Waals surface area contributed by atoms with E-state index in [0.717, 1.165) is 55.7 Å². The fourth-order valence-electron chi connectivity index (χ4n) is 5.97. The lowest BCUT2D eigenvalue weighted by Gasteiger charge is -2.28. The summed E-state index contributed by atoms with van der Waals surface area (Å²) in [6, 6.07) is 2.70. The van der Waals surface area contributed by atoms with Crippen molar-refractivity contribution in [3.8, 4) is 0 Å². The van der Waals surface area contributed by atoms with Gasteiger partial charge in [-0.2, -0.15) is 0 Å². The van der Waals surface area contributed by atoms with Crippen LogP contribution in [-0.2, 0) is 4.74 Å². The second-order valence-electron chi connectivity index (χ2n) is 10.5. The summed E-state index contributed by atoms with van der Waals surface area (Å²) < 4.78 is 34.2. The molecule has 2 saturated heterocycles. The Hall–Kier alpha value is -2.65. The van der Waals surface area contributed by atoms with Crippen LogP contribution in [0.15, 0.2) is 30.1 Å². The molecule has 3 atom stereocenters. The van der Waals surface area contributed by atoms with Crippen LogP contribution in [0.4, 0.5) is 8.78 Å². The third kappa shape index (κ3) is 5.30. The molecule has 2 unspecified atom stereocenters. The number of allylic oxidation sites excluding steroid dienone is 2. The van der Waals surface area contributed by atoms with Gasteiger partial charge in [-0.05, 0) is 67.7 Å². The lowest BCUT2D eigenvalue weighted by atomic mass is 10.00. The van der Waals surface area contributed by atoms with Gasteiger partial charge in [0.05, 0.1) is 5.70 Å². The van der Waals surface area contributed by atoms with Crippen molar-refractivity contribution in [2.45, 2.75) is 31.7 Å². The molecule has 3 fully saturated rings. The predicted molar refractivity (Wildman–Crippen MR) is 130 cm³/mol. The van der Waals surface area contributed by atoms with Gasteiger partial charge in [-0.1, -0.05) is 0 Å². The number of hydrazine groups is 1. The smallest absolute Gasteiger partial charge is 0.253 e. The number of fused-ring (bicyclic) bond motifs is 1. The van der Waals surface area contributed by atoms with E-state index in [1.54, 1.807) is 20.2 Å². The van der Waals surface area contributed by atoms with Gasteiger partial charge in [0.25, 0.3) is 5.91 Å². The zero-order valence-electron chi connectivity index (χ0n) is 20.4. The molecule has 3 heterocycles. The van der Waals surface area contributed by atoms with E-state index in [1.165, 1.54) is 43.4 Å². The zero-order chi connectivity index (χ0) is 24.5. The first-order valence-electron chi connectivity index (χ1n) is 12.6. The summed E-state index contributed by atoms with van der Waals surface area (Å²) in [7, 11) is 3.15. The quantitative estimate of drug-likeness (QED) is 0.574. The van der Waals surface area contributed by atoms with E-state index >= 15 is 0 Å². The molecule has 9 heteroatoms. The standard InChI is InChI=1S/C26H35F2N5O2/c1-32(2)26(34)17-11-21(25(28)22(27)12-17)23-3-4-24(31-30-23)29-20-9-18-14-33(15-19(18)10-20)13-16-5-7-35-8-6-16/h3-4,11-12,16,18-20,29-31H,5-10,13-15H2,1-2H3/t18-,19?,20?/m1/s1. The molecule has 1 aliphatic carbocycles. The van der Waals surface area contributed by atoms with Crippen molar-refractivity contribution >= 4 is 11.6 Å². The summed E-state index contributed by atoms with van der Waals surface area (Å²) in [5.74, 6) is 0.616. The number of hydrogen-bond acceptors (Lipinski definition) is 6. The molecular formula is C26H35F2N5O2. The van der Waals surface area contributed by atoms with Crippen molar-refractivity contribution in [1.29, 1.82) is 0 Å². The molecule has 35 heavy (non-hydrogen) atoms. The van der Waals surface area contributed by atoms with Crippen molar-refractivity contribution in [1.82, 2.24) is 26.0 Å². The third-order valence-corrected chi connectivity index (χ3v) is 7.76. The van der Waals surface area contributed by atoms with Crippen LogP contribution in [0.5, 0.6) is 0 Å². The number of carbonyl (C=O) groups is 1.